The fourth-order valence-corrected chi connectivity index (χ4v) is 2.04. The van der Waals surface area contributed by atoms with Crippen LogP contribution in [0.3, 0.4) is 0 Å². The van der Waals surface area contributed by atoms with E-state index < -0.39 is 5.60 Å². The Morgan fingerprint density at radius 3 is 2.59 bits per heavy atom. The number of hydrogen-bond acceptors (Lipinski definition) is 3. The van der Waals surface area contributed by atoms with Crippen molar-refractivity contribution >= 4 is 0 Å². The first kappa shape index (κ1) is 11.7. The number of rotatable bonds is 3. The third kappa shape index (κ3) is 1.91. The first-order chi connectivity index (χ1) is 8.07. The molecule has 1 unspecified atom stereocenters. The van der Waals surface area contributed by atoms with Gasteiger partial charge in [-0.05, 0) is 19.1 Å². The van der Waals surface area contributed by atoms with E-state index in [-0.39, 0.29) is 0 Å². The number of para-hydroxylation sites is 1. The number of aryl methyl sites for hydroxylation is 1. The van der Waals surface area contributed by atoms with E-state index in [1.54, 1.807) is 38.0 Å². The van der Waals surface area contributed by atoms with Crippen LogP contribution in [-0.4, -0.2) is 22.0 Å². The SMILES string of the molecule is COc1ccccc1C(C)(O)c1ccnn1C. The maximum absolute atomic E-state index is 10.7. The number of methoxy groups -OCH3 is 1. The van der Waals surface area contributed by atoms with Crippen LogP contribution in [0.15, 0.2) is 36.5 Å². The molecular weight excluding hydrogens is 216 g/mol. The Morgan fingerprint density at radius 2 is 2.00 bits per heavy atom. The Hall–Kier alpha value is -1.81. The van der Waals surface area contributed by atoms with Gasteiger partial charge in [-0.25, -0.2) is 0 Å². The molecule has 90 valence electrons. The van der Waals surface area contributed by atoms with Crippen LogP contribution in [0, 0.1) is 0 Å². The van der Waals surface area contributed by atoms with Crippen molar-refractivity contribution in [2.45, 2.75) is 12.5 Å². The lowest BCUT2D eigenvalue weighted by atomic mass is 9.91. The molecule has 4 heteroatoms. The molecule has 2 rings (SSSR count). The smallest absolute Gasteiger partial charge is 0.132 e. The standard InChI is InChI=1S/C13H16N2O2/c1-13(16,12-8-9-14-15(12)2)10-6-4-5-7-11(10)17-3/h4-9,16H,1-3H3. The summed E-state index contributed by atoms with van der Waals surface area (Å²) in [7, 11) is 3.40. The van der Waals surface area contributed by atoms with Crippen molar-refractivity contribution in [2.24, 2.45) is 7.05 Å². The Morgan fingerprint density at radius 1 is 1.29 bits per heavy atom. The van der Waals surface area contributed by atoms with Gasteiger partial charge in [-0.3, -0.25) is 4.68 Å². The highest BCUT2D eigenvalue weighted by Gasteiger charge is 2.31. The Balaban J connectivity index is 2.55. The zero-order valence-electron chi connectivity index (χ0n) is 10.2. The summed E-state index contributed by atoms with van der Waals surface area (Å²) in [5.41, 5.74) is 0.325. The Labute approximate surface area is 100 Å². The lowest BCUT2D eigenvalue weighted by Crippen LogP contribution is -2.26. The normalized spacial score (nSPS) is 14.4. The van der Waals surface area contributed by atoms with Crippen LogP contribution < -0.4 is 4.74 Å². The highest BCUT2D eigenvalue weighted by Crippen LogP contribution is 2.34. The molecule has 0 saturated heterocycles. The predicted octanol–water partition coefficient (Wildman–Crippen LogP) is 1.68. The van der Waals surface area contributed by atoms with Gasteiger partial charge in [-0.15, -0.1) is 0 Å². The maximum Gasteiger partial charge on any atom is 0.132 e. The second-order valence-electron chi connectivity index (χ2n) is 4.11. The van der Waals surface area contributed by atoms with Crippen molar-refractivity contribution in [3.05, 3.63) is 47.8 Å². The molecule has 0 amide bonds. The number of ether oxygens (including phenoxy) is 1. The molecule has 4 nitrogen and oxygen atoms in total. The van der Waals surface area contributed by atoms with Gasteiger partial charge in [0.1, 0.15) is 11.4 Å². The summed E-state index contributed by atoms with van der Waals surface area (Å²) in [5, 5.41) is 14.8. The number of nitrogens with zero attached hydrogens (tertiary/aromatic N) is 2. The molecule has 0 spiro atoms. The van der Waals surface area contributed by atoms with E-state index in [9.17, 15) is 5.11 Å². The molecule has 1 heterocycles. The average molecular weight is 232 g/mol. The van der Waals surface area contributed by atoms with Gasteiger partial charge in [0.05, 0.1) is 12.8 Å². The average Bonchev–Trinajstić information content (AvgIpc) is 2.76. The molecule has 0 aliphatic rings. The summed E-state index contributed by atoms with van der Waals surface area (Å²) in [6.45, 7) is 1.74. The van der Waals surface area contributed by atoms with Crippen molar-refractivity contribution in [3.63, 3.8) is 0 Å². The third-order valence-corrected chi connectivity index (χ3v) is 2.95. The quantitative estimate of drug-likeness (QED) is 0.876. The van der Waals surface area contributed by atoms with Gasteiger partial charge < -0.3 is 9.84 Å². The maximum atomic E-state index is 10.7. The Bertz CT molecular complexity index is 518. The van der Waals surface area contributed by atoms with Crippen molar-refractivity contribution in [1.29, 1.82) is 0 Å². The topological polar surface area (TPSA) is 47.3 Å². The third-order valence-electron chi connectivity index (χ3n) is 2.95. The van der Waals surface area contributed by atoms with E-state index in [1.165, 1.54) is 0 Å². The van der Waals surface area contributed by atoms with Crippen molar-refractivity contribution in [3.8, 4) is 5.75 Å². The van der Waals surface area contributed by atoms with E-state index in [4.69, 9.17) is 4.74 Å². The summed E-state index contributed by atoms with van der Waals surface area (Å²) in [6.07, 6.45) is 1.67. The van der Waals surface area contributed by atoms with E-state index in [0.717, 1.165) is 11.3 Å². The predicted molar refractivity (Wildman–Crippen MR) is 64.9 cm³/mol. The van der Waals surface area contributed by atoms with Gasteiger partial charge >= 0.3 is 0 Å². The van der Waals surface area contributed by atoms with Crippen molar-refractivity contribution in [2.75, 3.05) is 7.11 Å². The van der Waals surface area contributed by atoms with Gasteiger partial charge in [0.2, 0.25) is 0 Å². The van der Waals surface area contributed by atoms with E-state index >= 15 is 0 Å². The second-order valence-corrected chi connectivity index (χ2v) is 4.11. The van der Waals surface area contributed by atoms with Gasteiger partial charge in [0, 0.05) is 18.8 Å². The van der Waals surface area contributed by atoms with Crippen LogP contribution >= 0.6 is 0 Å². The molecule has 1 aromatic heterocycles. The van der Waals surface area contributed by atoms with Crippen LogP contribution in [0.1, 0.15) is 18.2 Å². The molecule has 2 aromatic rings. The van der Waals surface area contributed by atoms with Gasteiger partial charge in [-0.2, -0.15) is 5.10 Å². The summed E-state index contributed by atoms with van der Waals surface area (Å²) >= 11 is 0. The molecule has 1 aromatic carbocycles. The van der Waals surface area contributed by atoms with Gasteiger partial charge in [0.25, 0.3) is 0 Å². The molecule has 0 bridgehead atoms. The number of benzene rings is 1. The zero-order chi connectivity index (χ0) is 12.5. The minimum absolute atomic E-state index is 0.665. The fraction of sp³-hybridized carbons (Fsp3) is 0.308. The molecule has 0 aliphatic heterocycles. The monoisotopic (exact) mass is 232 g/mol. The molecule has 0 aliphatic carbocycles. The van der Waals surface area contributed by atoms with Crippen LogP contribution in [-0.2, 0) is 12.6 Å². The highest BCUT2D eigenvalue weighted by molar-refractivity contribution is 5.42. The van der Waals surface area contributed by atoms with E-state index in [2.05, 4.69) is 5.10 Å². The second kappa shape index (κ2) is 4.22. The summed E-state index contributed by atoms with van der Waals surface area (Å²) < 4.78 is 6.94. The Kier molecular flexibility index (Phi) is 2.90. The van der Waals surface area contributed by atoms with Gasteiger partial charge in [0.15, 0.2) is 0 Å². The number of hydrogen-bond donors (Lipinski definition) is 1. The molecule has 17 heavy (non-hydrogen) atoms. The van der Waals surface area contributed by atoms with Crippen LogP contribution in [0.25, 0.3) is 0 Å². The zero-order valence-corrected chi connectivity index (χ0v) is 10.2. The van der Waals surface area contributed by atoms with E-state index in [0.29, 0.717) is 5.75 Å². The molecule has 0 radical (unpaired) electrons. The first-order valence-corrected chi connectivity index (χ1v) is 5.41. The van der Waals surface area contributed by atoms with Gasteiger partial charge in [-0.1, -0.05) is 18.2 Å². The molecular formula is C13H16N2O2. The number of aliphatic hydroxyl groups is 1. The summed E-state index contributed by atoms with van der Waals surface area (Å²) in [6, 6.07) is 9.24. The van der Waals surface area contributed by atoms with Crippen molar-refractivity contribution < 1.29 is 9.84 Å². The summed E-state index contributed by atoms with van der Waals surface area (Å²) in [4.78, 5) is 0. The summed E-state index contributed by atoms with van der Waals surface area (Å²) in [5.74, 6) is 0.665. The highest BCUT2D eigenvalue weighted by atomic mass is 16.5. The molecule has 1 N–H and O–H groups in total. The number of aromatic nitrogens is 2. The lowest BCUT2D eigenvalue weighted by Gasteiger charge is -2.25. The van der Waals surface area contributed by atoms with Crippen LogP contribution in [0.4, 0.5) is 0 Å². The minimum atomic E-state index is -1.13. The molecule has 0 fully saturated rings. The van der Waals surface area contributed by atoms with Crippen LogP contribution in [0.5, 0.6) is 5.75 Å². The first-order valence-electron chi connectivity index (χ1n) is 5.41. The minimum Gasteiger partial charge on any atom is -0.496 e. The lowest BCUT2D eigenvalue weighted by molar-refractivity contribution is 0.0898. The van der Waals surface area contributed by atoms with Crippen molar-refractivity contribution in [1.82, 2.24) is 9.78 Å². The largest absolute Gasteiger partial charge is 0.496 e. The van der Waals surface area contributed by atoms with E-state index in [1.807, 2.05) is 24.3 Å². The van der Waals surface area contributed by atoms with Crippen LogP contribution in [0.2, 0.25) is 0 Å². The molecule has 1 atom stereocenters. The molecule has 0 saturated carbocycles. The fourth-order valence-electron chi connectivity index (χ4n) is 2.04.